The Hall–Kier alpha value is 0.0700. The van der Waals surface area contributed by atoms with Crippen molar-refractivity contribution in [1.82, 2.24) is 0 Å². The van der Waals surface area contributed by atoms with E-state index in [1.807, 2.05) is 0 Å². The van der Waals surface area contributed by atoms with E-state index >= 15 is 0 Å². The molecule has 22 heavy (non-hydrogen) atoms. The van der Waals surface area contributed by atoms with Crippen molar-refractivity contribution >= 4 is 10.8 Å². The van der Waals surface area contributed by atoms with Crippen LogP contribution in [0.15, 0.2) is 0 Å². The summed E-state index contributed by atoms with van der Waals surface area (Å²) in [6.45, 7) is 15.0. The number of unbranched alkanes of at least 4 members (excludes halogenated alkanes) is 4. The summed E-state index contributed by atoms with van der Waals surface area (Å²) in [4.78, 5) is 0. The number of nitrogens with zero attached hydrogens (tertiary/aromatic N) is 1. The molecule has 0 saturated carbocycles. The predicted octanol–water partition coefficient (Wildman–Crippen LogP) is 4.82. The summed E-state index contributed by atoms with van der Waals surface area (Å²) in [5, 5.41) is 0. The lowest BCUT2D eigenvalue weighted by Crippen LogP contribution is -2.50. The minimum absolute atomic E-state index is 0. The van der Waals surface area contributed by atoms with Gasteiger partial charge >= 0.3 is 0 Å². The molecule has 0 fully saturated rings. The highest BCUT2D eigenvalue weighted by Gasteiger charge is 2.24. The van der Waals surface area contributed by atoms with Gasteiger partial charge in [-0.1, -0.05) is 53.4 Å². The van der Waals surface area contributed by atoms with Gasteiger partial charge in [-0.2, -0.15) is 0 Å². The Bertz CT molecular complexity index is 194. The van der Waals surface area contributed by atoms with Crippen molar-refractivity contribution in [3.05, 3.63) is 0 Å². The SMILES string of the molecule is CCCC[N+](CCCC)(CCCC)CCCC.CS(C)=O.[OH-]. The molecule has 3 nitrogen and oxygen atoms in total. The second-order valence-electron chi connectivity index (χ2n) is 6.39. The first-order valence-corrected chi connectivity index (χ1v) is 11.0. The van der Waals surface area contributed by atoms with Crippen LogP contribution in [0.4, 0.5) is 0 Å². The van der Waals surface area contributed by atoms with Gasteiger partial charge < -0.3 is 9.96 Å². The normalized spacial score (nSPS) is 10.9. The van der Waals surface area contributed by atoms with Gasteiger partial charge in [0.1, 0.15) is 0 Å². The van der Waals surface area contributed by atoms with Crippen molar-refractivity contribution in [2.45, 2.75) is 79.1 Å². The van der Waals surface area contributed by atoms with Gasteiger partial charge in [-0.3, -0.25) is 4.21 Å². The molecular weight excluding hydrogens is 294 g/mol. The van der Waals surface area contributed by atoms with Crippen LogP contribution >= 0.6 is 0 Å². The van der Waals surface area contributed by atoms with Crippen molar-refractivity contribution in [2.75, 3.05) is 38.7 Å². The highest BCUT2D eigenvalue weighted by molar-refractivity contribution is 7.83. The Kier molecular flexibility index (Phi) is 23.4. The molecule has 0 aliphatic carbocycles. The van der Waals surface area contributed by atoms with Crippen LogP contribution in [0.1, 0.15) is 79.1 Å². The Morgan fingerprint density at radius 2 is 0.818 bits per heavy atom. The molecule has 0 atom stereocenters. The van der Waals surface area contributed by atoms with E-state index in [1.54, 1.807) is 12.5 Å². The van der Waals surface area contributed by atoms with Gasteiger partial charge in [-0.05, 0) is 25.7 Å². The smallest absolute Gasteiger partial charge is 0.0786 e. The molecule has 0 aromatic heterocycles. The molecule has 0 heterocycles. The summed E-state index contributed by atoms with van der Waals surface area (Å²) in [7, 11) is -0.611. The van der Waals surface area contributed by atoms with E-state index in [4.69, 9.17) is 0 Å². The van der Waals surface area contributed by atoms with Crippen LogP contribution in [0.25, 0.3) is 0 Å². The van der Waals surface area contributed by atoms with Crippen molar-refractivity contribution in [3.63, 3.8) is 0 Å². The number of hydrogen-bond donors (Lipinski definition) is 0. The molecule has 0 bridgehead atoms. The summed E-state index contributed by atoms with van der Waals surface area (Å²) in [6, 6.07) is 0. The van der Waals surface area contributed by atoms with Crippen LogP contribution in [0.2, 0.25) is 0 Å². The lowest BCUT2D eigenvalue weighted by atomic mass is 10.1. The fourth-order valence-corrected chi connectivity index (χ4v) is 2.64. The molecule has 0 saturated heterocycles. The lowest BCUT2D eigenvalue weighted by molar-refractivity contribution is -0.929. The first-order valence-electron chi connectivity index (χ1n) is 9.08. The number of quaternary nitrogens is 1. The third-order valence-electron chi connectivity index (χ3n) is 3.94. The van der Waals surface area contributed by atoms with Crippen molar-refractivity contribution in [1.29, 1.82) is 0 Å². The minimum Gasteiger partial charge on any atom is -0.870 e. The third kappa shape index (κ3) is 18.1. The average Bonchev–Trinajstić information content (AvgIpc) is 2.45. The molecule has 0 aromatic rings. The lowest BCUT2D eigenvalue weighted by Gasteiger charge is -2.39. The Labute approximate surface area is 143 Å². The zero-order valence-corrected chi connectivity index (χ0v) is 17.0. The van der Waals surface area contributed by atoms with E-state index in [1.165, 1.54) is 82.0 Å². The standard InChI is InChI=1S/C16H36N.C2H6OS.H2O/c1-5-9-13-17(14-10-6-2,15-11-7-3)16-12-8-4;1-4(2)3;/h5-16H2,1-4H3;1-2H3;1H2/q+1;;/p-1. The Balaban J connectivity index is -0.000000640. The van der Waals surface area contributed by atoms with Crippen LogP contribution in [-0.4, -0.2) is 52.9 Å². The van der Waals surface area contributed by atoms with Crippen molar-refractivity contribution in [3.8, 4) is 0 Å². The topological polar surface area (TPSA) is 47.1 Å². The van der Waals surface area contributed by atoms with Gasteiger partial charge in [0.25, 0.3) is 0 Å². The molecule has 4 heteroatoms. The molecule has 1 N–H and O–H groups in total. The van der Waals surface area contributed by atoms with Gasteiger partial charge in [-0.15, -0.1) is 0 Å². The first-order chi connectivity index (χ1) is 9.97. The molecular formula is C18H43NO2S. The average molecular weight is 338 g/mol. The van der Waals surface area contributed by atoms with Crippen LogP contribution in [0, 0.1) is 0 Å². The summed E-state index contributed by atoms with van der Waals surface area (Å²) in [5.74, 6) is 0. The van der Waals surface area contributed by atoms with E-state index < -0.39 is 10.8 Å². The maximum absolute atomic E-state index is 9.56. The van der Waals surface area contributed by atoms with E-state index in [-0.39, 0.29) is 5.48 Å². The quantitative estimate of drug-likeness (QED) is 0.479. The number of rotatable bonds is 12. The van der Waals surface area contributed by atoms with Gasteiger partial charge in [0.2, 0.25) is 0 Å². The third-order valence-corrected chi connectivity index (χ3v) is 3.94. The molecule has 0 unspecified atom stereocenters. The fourth-order valence-electron chi connectivity index (χ4n) is 2.64. The van der Waals surface area contributed by atoms with Crippen LogP contribution in [-0.2, 0) is 10.8 Å². The highest BCUT2D eigenvalue weighted by Crippen LogP contribution is 2.16. The molecule has 0 radical (unpaired) electrons. The highest BCUT2D eigenvalue weighted by atomic mass is 32.2. The van der Waals surface area contributed by atoms with Crippen LogP contribution < -0.4 is 0 Å². The zero-order valence-electron chi connectivity index (χ0n) is 16.2. The molecule has 0 spiro atoms. The first kappa shape index (κ1) is 26.9. The summed E-state index contributed by atoms with van der Waals surface area (Å²) in [6.07, 6.45) is 14.3. The summed E-state index contributed by atoms with van der Waals surface area (Å²) in [5.41, 5.74) is 0. The second-order valence-corrected chi connectivity index (χ2v) is 7.88. The maximum Gasteiger partial charge on any atom is 0.0786 e. The van der Waals surface area contributed by atoms with E-state index in [0.29, 0.717) is 0 Å². The van der Waals surface area contributed by atoms with Gasteiger partial charge in [0.15, 0.2) is 0 Å². The molecule has 0 aliphatic heterocycles. The van der Waals surface area contributed by atoms with Gasteiger partial charge in [-0.25, -0.2) is 0 Å². The summed E-state index contributed by atoms with van der Waals surface area (Å²) < 4.78 is 11.0. The second kappa shape index (κ2) is 19.1. The fraction of sp³-hybridized carbons (Fsp3) is 1.00. The Morgan fingerprint density at radius 3 is 0.955 bits per heavy atom. The van der Waals surface area contributed by atoms with Crippen LogP contribution in [0.3, 0.4) is 0 Å². The van der Waals surface area contributed by atoms with E-state index in [0.717, 1.165) is 0 Å². The molecule has 138 valence electrons. The molecule has 0 aliphatic rings. The minimum atomic E-state index is -0.611. The molecule has 0 rings (SSSR count). The van der Waals surface area contributed by atoms with E-state index in [2.05, 4.69) is 27.7 Å². The zero-order chi connectivity index (χ0) is 16.6. The van der Waals surface area contributed by atoms with Gasteiger partial charge in [0.05, 0.1) is 26.2 Å². The van der Waals surface area contributed by atoms with Crippen molar-refractivity contribution < 1.29 is 14.2 Å². The monoisotopic (exact) mass is 337 g/mol. The largest absolute Gasteiger partial charge is 0.870 e. The molecule has 0 aromatic carbocycles. The van der Waals surface area contributed by atoms with Gasteiger partial charge in [0, 0.05) is 23.3 Å². The van der Waals surface area contributed by atoms with E-state index in [9.17, 15) is 4.21 Å². The van der Waals surface area contributed by atoms with Crippen LogP contribution in [0.5, 0.6) is 0 Å². The van der Waals surface area contributed by atoms with Crippen molar-refractivity contribution in [2.24, 2.45) is 0 Å². The maximum atomic E-state index is 9.56. The molecule has 0 amide bonds. The number of hydrogen-bond acceptors (Lipinski definition) is 2. The predicted molar refractivity (Wildman–Crippen MR) is 101 cm³/mol. The Morgan fingerprint density at radius 1 is 0.636 bits per heavy atom. The summed E-state index contributed by atoms with van der Waals surface area (Å²) >= 11 is 0.